The number of aryl methyl sites for hydroxylation is 1. The van der Waals surface area contributed by atoms with Crippen molar-refractivity contribution in [2.75, 3.05) is 11.1 Å². The van der Waals surface area contributed by atoms with Crippen molar-refractivity contribution in [2.24, 2.45) is 0 Å². The molecule has 3 aromatic rings. The van der Waals surface area contributed by atoms with Gasteiger partial charge in [-0.05, 0) is 42.8 Å². The molecule has 0 unspecified atom stereocenters. The van der Waals surface area contributed by atoms with Crippen molar-refractivity contribution in [1.82, 2.24) is 4.72 Å². The summed E-state index contributed by atoms with van der Waals surface area (Å²) < 4.78 is 32.5. The molecule has 0 saturated carbocycles. The van der Waals surface area contributed by atoms with Crippen LogP contribution in [-0.4, -0.2) is 20.1 Å². The first kappa shape index (κ1) is 21.2. The van der Waals surface area contributed by atoms with Crippen LogP contribution >= 0.6 is 11.8 Å². The van der Waals surface area contributed by atoms with Gasteiger partial charge in [0.1, 0.15) is 5.76 Å². The highest BCUT2D eigenvalue weighted by atomic mass is 32.2. The fourth-order valence-corrected chi connectivity index (χ4v) is 4.37. The van der Waals surface area contributed by atoms with Crippen molar-refractivity contribution in [3.05, 3.63) is 83.8 Å². The molecule has 0 aliphatic rings. The molecule has 1 aromatic heterocycles. The van der Waals surface area contributed by atoms with E-state index in [1.165, 1.54) is 35.7 Å². The Hall–Kier alpha value is -2.55. The van der Waals surface area contributed by atoms with Crippen LogP contribution in [0.15, 0.2) is 76.2 Å². The summed E-state index contributed by atoms with van der Waals surface area (Å²) in [6, 6.07) is 17.7. The third-order valence-corrected chi connectivity index (χ3v) is 6.47. The van der Waals surface area contributed by atoms with Crippen molar-refractivity contribution in [1.29, 1.82) is 0 Å². The summed E-state index contributed by atoms with van der Waals surface area (Å²) in [6.45, 7) is 2.09. The van der Waals surface area contributed by atoms with E-state index in [1.54, 1.807) is 24.3 Å². The number of hydrogen-bond donors (Lipinski definition) is 2. The van der Waals surface area contributed by atoms with Gasteiger partial charge in [-0.3, -0.25) is 4.79 Å². The van der Waals surface area contributed by atoms with Crippen molar-refractivity contribution < 1.29 is 17.6 Å². The number of rotatable bonds is 9. The molecule has 2 aromatic carbocycles. The minimum absolute atomic E-state index is 0.0571. The Morgan fingerprint density at radius 3 is 2.59 bits per heavy atom. The predicted octanol–water partition coefficient (Wildman–Crippen LogP) is 3.94. The number of anilines is 1. The first-order valence-electron chi connectivity index (χ1n) is 8.98. The Morgan fingerprint density at radius 1 is 1.07 bits per heavy atom. The van der Waals surface area contributed by atoms with Crippen LogP contribution in [0.3, 0.4) is 0 Å². The Balaban J connectivity index is 1.53. The summed E-state index contributed by atoms with van der Waals surface area (Å²) in [4.78, 5) is 12.3. The summed E-state index contributed by atoms with van der Waals surface area (Å²) in [5.41, 5.74) is 2.79. The van der Waals surface area contributed by atoms with E-state index in [1.807, 2.05) is 31.2 Å². The van der Waals surface area contributed by atoms with E-state index in [-0.39, 0.29) is 23.1 Å². The fourth-order valence-electron chi connectivity index (χ4n) is 2.55. The molecular formula is C21H22N2O4S2. The number of amides is 1. The first-order chi connectivity index (χ1) is 13.9. The molecule has 3 rings (SSSR count). The van der Waals surface area contributed by atoms with Gasteiger partial charge in [0.05, 0.1) is 23.5 Å². The monoisotopic (exact) mass is 430 g/mol. The summed E-state index contributed by atoms with van der Waals surface area (Å²) >= 11 is 1.50. The van der Waals surface area contributed by atoms with Crippen LogP contribution in [0.5, 0.6) is 0 Å². The van der Waals surface area contributed by atoms with Gasteiger partial charge in [0.2, 0.25) is 15.9 Å². The van der Waals surface area contributed by atoms with Gasteiger partial charge in [-0.15, -0.1) is 11.8 Å². The van der Waals surface area contributed by atoms with Crippen LogP contribution in [0.2, 0.25) is 0 Å². The van der Waals surface area contributed by atoms with Crippen LogP contribution in [-0.2, 0) is 27.1 Å². The zero-order valence-electron chi connectivity index (χ0n) is 15.9. The molecule has 29 heavy (non-hydrogen) atoms. The lowest BCUT2D eigenvalue weighted by atomic mass is 10.2. The van der Waals surface area contributed by atoms with Gasteiger partial charge in [-0.25, -0.2) is 13.1 Å². The van der Waals surface area contributed by atoms with Gasteiger partial charge in [0.15, 0.2) is 0 Å². The van der Waals surface area contributed by atoms with Crippen LogP contribution in [0.4, 0.5) is 5.69 Å². The minimum atomic E-state index is -3.72. The second-order valence-electron chi connectivity index (χ2n) is 6.46. The van der Waals surface area contributed by atoms with Gasteiger partial charge in [-0.1, -0.05) is 35.9 Å². The number of nitrogens with one attached hydrogen (secondary N) is 2. The lowest BCUT2D eigenvalue weighted by Gasteiger charge is -2.09. The van der Waals surface area contributed by atoms with Gasteiger partial charge in [0, 0.05) is 11.4 Å². The molecule has 0 bridgehead atoms. The fraction of sp³-hybridized carbons (Fsp3) is 0.190. The molecule has 0 saturated heterocycles. The number of furan rings is 1. The third-order valence-electron chi connectivity index (χ3n) is 4.07. The first-order valence-corrected chi connectivity index (χ1v) is 11.6. The maximum absolute atomic E-state index is 12.4. The molecule has 0 fully saturated rings. The molecule has 2 N–H and O–H groups in total. The number of carbonyl (C=O) groups is 1. The van der Waals surface area contributed by atoms with Crippen LogP contribution in [0, 0.1) is 6.92 Å². The second kappa shape index (κ2) is 9.78. The molecule has 1 heterocycles. The molecule has 8 heteroatoms. The maximum atomic E-state index is 12.4. The Morgan fingerprint density at radius 2 is 1.86 bits per heavy atom. The summed E-state index contributed by atoms with van der Waals surface area (Å²) in [7, 11) is -3.72. The van der Waals surface area contributed by atoms with E-state index in [9.17, 15) is 13.2 Å². The highest BCUT2D eigenvalue weighted by molar-refractivity contribution is 7.99. The smallest absolute Gasteiger partial charge is 0.241 e. The largest absolute Gasteiger partial charge is 0.468 e. The molecule has 0 spiro atoms. The molecule has 0 atom stereocenters. The van der Waals surface area contributed by atoms with E-state index < -0.39 is 10.0 Å². The number of carbonyl (C=O) groups excluding carboxylic acids is 1. The Labute approximate surface area is 174 Å². The van der Waals surface area contributed by atoms with Crippen molar-refractivity contribution in [3.8, 4) is 0 Å². The minimum Gasteiger partial charge on any atom is -0.468 e. The summed E-state index contributed by atoms with van der Waals surface area (Å²) in [5.74, 6) is 1.35. The zero-order valence-corrected chi connectivity index (χ0v) is 17.6. The standard InChI is InChI=1S/C21H22N2O4S2/c1-16-7-9-17(10-8-16)14-28-15-21(24)23-18-4-2-6-20(12-18)29(25,26)22-13-19-5-3-11-27-19/h2-12,22H,13-15H2,1H3,(H,23,24). The average molecular weight is 431 g/mol. The molecule has 0 aliphatic heterocycles. The quantitative estimate of drug-likeness (QED) is 0.537. The van der Waals surface area contributed by atoms with Gasteiger partial charge in [0.25, 0.3) is 0 Å². The highest BCUT2D eigenvalue weighted by Gasteiger charge is 2.15. The second-order valence-corrected chi connectivity index (χ2v) is 9.21. The van der Waals surface area contributed by atoms with E-state index in [2.05, 4.69) is 10.0 Å². The molecule has 0 aliphatic carbocycles. The topological polar surface area (TPSA) is 88.4 Å². The zero-order chi connectivity index (χ0) is 20.7. The Bertz CT molecular complexity index is 1050. The maximum Gasteiger partial charge on any atom is 0.241 e. The molecule has 1 amide bonds. The molecule has 152 valence electrons. The molecular weight excluding hydrogens is 408 g/mol. The number of benzene rings is 2. The van der Waals surface area contributed by atoms with Gasteiger partial charge < -0.3 is 9.73 Å². The van der Waals surface area contributed by atoms with Crippen molar-refractivity contribution >= 4 is 33.4 Å². The average Bonchev–Trinajstić information content (AvgIpc) is 3.22. The lowest BCUT2D eigenvalue weighted by molar-refractivity contribution is -0.113. The van der Waals surface area contributed by atoms with E-state index in [0.717, 1.165) is 11.3 Å². The van der Waals surface area contributed by atoms with Crippen LogP contribution < -0.4 is 10.0 Å². The number of hydrogen-bond acceptors (Lipinski definition) is 5. The molecule has 6 nitrogen and oxygen atoms in total. The number of thioether (sulfide) groups is 1. The van der Waals surface area contributed by atoms with E-state index in [4.69, 9.17) is 4.42 Å². The molecule has 0 radical (unpaired) electrons. The van der Waals surface area contributed by atoms with E-state index >= 15 is 0 Å². The van der Waals surface area contributed by atoms with Gasteiger partial charge >= 0.3 is 0 Å². The van der Waals surface area contributed by atoms with Gasteiger partial charge in [-0.2, -0.15) is 0 Å². The summed E-state index contributed by atoms with van der Waals surface area (Å²) in [5, 5.41) is 2.75. The highest BCUT2D eigenvalue weighted by Crippen LogP contribution is 2.17. The van der Waals surface area contributed by atoms with Crippen LogP contribution in [0.25, 0.3) is 0 Å². The SMILES string of the molecule is Cc1ccc(CSCC(=O)Nc2cccc(S(=O)(=O)NCc3ccco3)c2)cc1. The normalized spacial score (nSPS) is 11.3. The van der Waals surface area contributed by atoms with Crippen molar-refractivity contribution in [3.63, 3.8) is 0 Å². The van der Waals surface area contributed by atoms with Crippen LogP contribution in [0.1, 0.15) is 16.9 Å². The van der Waals surface area contributed by atoms with Crippen molar-refractivity contribution in [2.45, 2.75) is 24.1 Å². The summed E-state index contributed by atoms with van der Waals surface area (Å²) in [6.07, 6.45) is 1.48. The predicted molar refractivity (Wildman–Crippen MR) is 115 cm³/mol. The third kappa shape index (κ3) is 6.49. The lowest BCUT2D eigenvalue weighted by Crippen LogP contribution is -2.23. The van der Waals surface area contributed by atoms with E-state index in [0.29, 0.717) is 11.4 Å². The number of sulfonamides is 1. The Kier molecular flexibility index (Phi) is 7.13.